The first-order valence-electron chi connectivity index (χ1n) is 10.2. The summed E-state index contributed by atoms with van der Waals surface area (Å²) < 4.78 is 34.1. The fourth-order valence-corrected chi connectivity index (χ4v) is 3.60. The van der Waals surface area contributed by atoms with Crippen LogP contribution in [0.4, 0.5) is 4.79 Å². The number of carbonyl (C=O) groups excluding carboxylic acids is 1. The molecule has 1 heterocycles. The summed E-state index contributed by atoms with van der Waals surface area (Å²) >= 11 is 0. The number of ether oxygens (including phenoxy) is 2. The molecule has 0 spiro atoms. The van der Waals surface area contributed by atoms with Crippen molar-refractivity contribution in [3.8, 4) is 16.9 Å². The van der Waals surface area contributed by atoms with Crippen LogP contribution in [-0.4, -0.2) is 59.8 Å². The van der Waals surface area contributed by atoms with E-state index in [0.717, 1.165) is 11.1 Å². The zero-order valence-corrected chi connectivity index (χ0v) is 20.0. The van der Waals surface area contributed by atoms with Crippen molar-refractivity contribution in [2.24, 2.45) is 0 Å². The van der Waals surface area contributed by atoms with Crippen molar-refractivity contribution in [3.05, 3.63) is 36.7 Å². The standard InChI is InChI=1S/C21H32N3O7P/c1-21(2,3)31-20(26)22-11-6-12-24-14-17(13-23-24)16-7-9-18(10-8-16)30-15-19(25)32(27,28-4)29-5/h7-10,13-14,19,25H,6,11-12,15H2,1-5H3,(H,22,26). The molecule has 2 N–H and O–H groups in total. The normalized spacial score (nSPS) is 12.9. The molecule has 11 heteroatoms. The van der Waals surface area contributed by atoms with Gasteiger partial charge in [0.25, 0.3) is 0 Å². The van der Waals surface area contributed by atoms with E-state index in [1.54, 1.807) is 23.0 Å². The summed E-state index contributed by atoms with van der Waals surface area (Å²) in [5.41, 5.74) is 1.35. The number of aromatic nitrogens is 2. The van der Waals surface area contributed by atoms with Gasteiger partial charge in [-0.3, -0.25) is 9.25 Å². The van der Waals surface area contributed by atoms with Crippen molar-refractivity contribution in [1.29, 1.82) is 0 Å². The Labute approximate surface area is 188 Å². The van der Waals surface area contributed by atoms with Crippen LogP contribution in [0.3, 0.4) is 0 Å². The molecule has 1 amide bonds. The Kier molecular flexibility index (Phi) is 9.27. The number of carbonyl (C=O) groups is 1. The maximum Gasteiger partial charge on any atom is 0.407 e. The number of nitrogens with zero attached hydrogens (tertiary/aromatic N) is 2. The van der Waals surface area contributed by atoms with Gasteiger partial charge < -0.3 is 28.9 Å². The fourth-order valence-electron chi connectivity index (χ4n) is 2.70. The number of benzene rings is 1. The van der Waals surface area contributed by atoms with Crippen LogP contribution in [0.2, 0.25) is 0 Å². The molecule has 0 fully saturated rings. The third-order valence-corrected chi connectivity index (χ3v) is 6.22. The third kappa shape index (κ3) is 7.94. The molecule has 1 aromatic heterocycles. The summed E-state index contributed by atoms with van der Waals surface area (Å²) in [6.45, 7) is 6.37. The van der Waals surface area contributed by atoms with Crippen molar-refractivity contribution in [3.63, 3.8) is 0 Å². The lowest BCUT2D eigenvalue weighted by Gasteiger charge is -2.19. The fraction of sp³-hybridized carbons (Fsp3) is 0.524. The molecule has 1 aromatic carbocycles. The van der Waals surface area contributed by atoms with Gasteiger partial charge in [-0.05, 0) is 44.9 Å². The lowest BCUT2D eigenvalue weighted by Crippen LogP contribution is -2.33. The van der Waals surface area contributed by atoms with E-state index in [4.69, 9.17) is 18.5 Å². The number of hydrogen-bond acceptors (Lipinski definition) is 8. The van der Waals surface area contributed by atoms with Crippen molar-refractivity contribution in [1.82, 2.24) is 15.1 Å². The minimum atomic E-state index is -3.60. The Balaban J connectivity index is 1.82. The second-order valence-electron chi connectivity index (χ2n) is 8.00. The summed E-state index contributed by atoms with van der Waals surface area (Å²) in [6, 6.07) is 7.21. The maximum atomic E-state index is 12.1. The molecular formula is C21H32N3O7P. The molecule has 0 saturated carbocycles. The minimum absolute atomic E-state index is 0.229. The minimum Gasteiger partial charge on any atom is -0.490 e. The number of hydrogen-bond donors (Lipinski definition) is 2. The Bertz CT molecular complexity index is 901. The number of aryl methyl sites for hydroxylation is 1. The maximum absolute atomic E-state index is 12.1. The van der Waals surface area contributed by atoms with Crippen LogP contribution in [0, 0.1) is 0 Å². The van der Waals surface area contributed by atoms with Gasteiger partial charge in [0.15, 0.2) is 5.85 Å². The lowest BCUT2D eigenvalue weighted by atomic mass is 10.1. The number of nitrogens with one attached hydrogen (secondary N) is 1. The first-order chi connectivity index (χ1) is 15.1. The van der Waals surface area contributed by atoms with Gasteiger partial charge in [-0.1, -0.05) is 12.1 Å². The van der Waals surface area contributed by atoms with E-state index < -0.39 is 25.1 Å². The first kappa shape index (κ1) is 25.9. The van der Waals surface area contributed by atoms with Gasteiger partial charge in [-0.2, -0.15) is 5.10 Å². The Morgan fingerprint density at radius 3 is 2.44 bits per heavy atom. The van der Waals surface area contributed by atoms with Gasteiger partial charge in [-0.25, -0.2) is 4.79 Å². The monoisotopic (exact) mass is 469 g/mol. The molecular weight excluding hydrogens is 437 g/mol. The van der Waals surface area contributed by atoms with Crippen LogP contribution >= 0.6 is 7.60 Å². The smallest absolute Gasteiger partial charge is 0.407 e. The number of aliphatic hydroxyl groups is 1. The molecule has 32 heavy (non-hydrogen) atoms. The van der Waals surface area contributed by atoms with Crippen LogP contribution in [0.15, 0.2) is 36.7 Å². The van der Waals surface area contributed by atoms with Crippen molar-refractivity contribution in [2.75, 3.05) is 27.4 Å². The highest BCUT2D eigenvalue weighted by Crippen LogP contribution is 2.50. The van der Waals surface area contributed by atoms with Crippen LogP contribution in [-0.2, 0) is 24.9 Å². The molecule has 10 nitrogen and oxygen atoms in total. The van der Waals surface area contributed by atoms with Gasteiger partial charge in [0, 0.05) is 39.1 Å². The molecule has 0 aliphatic rings. The van der Waals surface area contributed by atoms with Crippen LogP contribution in [0.25, 0.3) is 11.1 Å². The second kappa shape index (κ2) is 11.5. The summed E-state index contributed by atoms with van der Waals surface area (Å²) in [6.07, 6.45) is 3.96. The van der Waals surface area contributed by atoms with E-state index >= 15 is 0 Å². The zero-order valence-electron chi connectivity index (χ0n) is 19.1. The van der Waals surface area contributed by atoms with Gasteiger partial charge in [0.1, 0.15) is 18.0 Å². The van der Waals surface area contributed by atoms with Gasteiger partial charge in [0.2, 0.25) is 0 Å². The van der Waals surface area contributed by atoms with E-state index in [2.05, 4.69) is 10.4 Å². The second-order valence-corrected chi connectivity index (χ2v) is 10.4. The highest BCUT2D eigenvalue weighted by molar-refractivity contribution is 7.54. The van der Waals surface area contributed by atoms with E-state index in [1.165, 1.54) is 14.2 Å². The van der Waals surface area contributed by atoms with Crippen molar-refractivity contribution in [2.45, 2.75) is 45.2 Å². The topological polar surface area (TPSA) is 121 Å². The van der Waals surface area contributed by atoms with Gasteiger partial charge >= 0.3 is 13.7 Å². The Morgan fingerprint density at radius 1 is 1.19 bits per heavy atom. The first-order valence-corrected chi connectivity index (χ1v) is 11.8. The molecule has 0 saturated heterocycles. The van der Waals surface area contributed by atoms with Crippen LogP contribution < -0.4 is 10.1 Å². The summed E-state index contributed by atoms with van der Waals surface area (Å²) in [7, 11) is -1.18. The summed E-state index contributed by atoms with van der Waals surface area (Å²) in [4.78, 5) is 11.6. The molecule has 0 bridgehead atoms. The quantitative estimate of drug-likeness (QED) is 0.378. The van der Waals surface area contributed by atoms with E-state index in [0.29, 0.717) is 25.3 Å². The van der Waals surface area contributed by atoms with E-state index in [9.17, 15) is 14.5 Å². The van der Waals surface area contributed by atoms with Crippen LogP contribution in [0.5, 0.6) is 5.75 Å². The Morgan fingerprint density at radius 2 is 1.84 bits per heavy atom. The molecule has 0 aliphatic carbocycles. The average molecular weight is 469 g/mol. The molecule has 2 aromatic rings. The molecule has 0 aliphatic heterocycles. The predicted octanol–water partition coefficient (Wildman–Crippen LogP) is 3.65. The number of amides is 1. The Hall–Kier alpha value is -2.39. The molecule has 1 atom stereocenters. The molecule has 1 unspecified atom stereocenters. The van der Waals surface area contributed by atoms with E-state index in [1.807, 2.05) is 39.1 Å². The lowest BCUT2D eigenvalue weighted by molar-refractivity contribution is 0.0526. The predicted molar refractivity (Wildman–Crippen MR) is 120 cm³/mol. The largest absolute Gasteiger partial charge is 0.490 e. The summed E-state index contributed by atoms with van der Waals surface area (Å²) in [5, 5.41) is 17.0. The van der Waals surface area contributed by atoms with Crippen molar-refractivity contribution < 1.29 is 33.0 Å². The average Bonchev–Trinajstić information content (AvgIpc) is 3.22. The molecule has 178 valence electrons. The zero-order chi connectivity index (χ0) is 23.8. The van der Waals surface area contributed by atoms with Gasteiger partial charge in [-0.15, -0.1) is 0 Å². The number of rotatable bonds is 11. The van der Waals surface area contributed by atoms with Crippen LogP contribution in [0.1, 0.15) is 27.2 Å². The SMILES string of the molecule is COP(=O)(OC)C(O)COc1ccc(-c2cnn(CCCNC(=O)OC(C)(C)C)c2)cc1. The summed E-state index contributed by atoms with van der Waals surface area (Å²) in [5.74, 6) is -0.882. The highest BCUT2D eigenvalue weighted by atomic mass is 31.2. The van der Waals surface area contributed by atoms with Crippen molar-refractivity contribution >= 4 is 13.7 Å². The third-order valence-electron chi connectivity index (χ3n) is 4.33. The number of aliphatic hydroxyl groups excluding tert-OH is 1. The highest BCUT2D eigenvalue weighted by Gasteiger charge is 2.32. The molecule has 2 rings (SSSR count). The number of alkyl carbamates (subject to hydrolysis) is 1. The van der Waals surface area contributed by atoms with Gasteiger partial charge in [0.05, 0.1) is 6.20 Å². The van der Waals surface area contributed by atoms with E-state index in [-0.39, 0.29) is 6.61 Å². The molecule has 0 radical (unpaired) electrons.